The zero-order valence-electron chi connectivity index (χ0n) is 14.2. The first kappa shape index (κ1) is 18.7. The van der Waals surface area contributed by atoms with Crippen LogP contribution in [0.5, 0.6) is 5.75 Å². The number of hydrogen-bond donors (Lipinski definition) is 2. The number of alkyl halides is 2. The average molecular weight is 385 g/mol. The van der Waals surface area contributed by atoms with Crippen LogP contribution in [0.4, 0.5) is 14.5 Å². The molecule has 0 fully saturated rings. The number of pyridine rings is 1. The molecule has 1 atom stereocenters. The summed E-state index contributed by atoms with van der Waals surface area (Å²) in [6, 6.07) is 19.7. The smallest absolute Gasteiger partial charge is 0.387 e. The summed E-state index contributed by atoms with van der Waals surface area (Å²) in [5.41, 5.74) is 2.73. The third-order valence-corrected chi connectivity index (χ3v) is 4.01. The van der Waals surface area contributed by atoms with Crippen molar-refractivity contribution in [2.45, 2.75) is 12.7 Å². The Morgan fingerprint density at radius 3 is 2.15 bits per heavy atom. The number of aromatic nitrogens is 1. The van der Waals surface area contributed by atoms with E-state index in [0.29, 0.717) is 10.8 Å². The fraction of sp³-hybridized carbons (Fsp3) is 0.100. The predicted molar refractivity (Wildman–Crippen MR) is 105 cm³/mol. The lowest BCUT2D eigenvalue weighted by Gasteiger charge is -2.22. The van der Waals surface area contributed by atoms with Crippen molar-refractivity contribution in [3.63, 3.8) is 0 Å². The number of hydrogen-bond acceptors (Lipinski definition) is 3. The Bertz CT molecular complexity index is 822. The molecule has 3 aromatic rings. The molecule has 3 rings (SSSR count). The van der Waals surface area contributed by atoms with Gasteiger partial charge in [-0.2, -0.15) is 8.78 Å². The van der Waals surface area contributed by atoms with Crippen LogP contribution in [0.2, 0.25) is 0 Å². The van der Waals surface area contributed by atoms with E-state index in [1.54, 1.807) is 24.5 Å². The minimum atomic E-state index is -2.85. The van der Waals surface area contributed by atoms with E-state index in [1.807, 2.05) is 42.5 Å². The number of ether oxygens (including phenoxy) is 1. The molecule has 0 bridgehead atoms. The van der Waals surface area contributed by atoms with Crippen LogP contribution < -0.4 is 15.4 Å². The highest BCUT2D eigenvalue weighted by molar-refractivity contribution is 7.80. The molecule has 7 heteroatoms. The molecular formula is C20H17F2N3OS. The molecule has 0 saturated carbocycles. The van der Waals surface area contributed by atoms with E-state index in [0.717, 1.165) is 11.1 Å². The first-order chi connectivity index (χ1) is 13.1. The maximum absolute atomic E-state index is 12.2. The van der Waals surface area contributed by atoms with Gasteiger partial charge in [-0.3, -0.25) is 4.98 Å². The van der Waals surface area contributed by atoms with Crippen molar-refractivity contribution in [1.82, 2.24) is 10.3 Å². The van der Waals surface area contributed by atoms with Crippen LogP contribution in [0.1, 0.15) is 17.2 Å². The summed E-state index contributed by atoms with van der Waals surface area (Å²) in [5, 5.41) is 6.75. The summed E-state index contributed by atoms with van der Waals surface area (Å²) in [6.07, 6.45) is 3.45. The van der Waals surface area contributed by atoms with Crippen molar-refractivity contribution in [1.29, 1.82) is 0 Å². The normalized spacial score (nSPS) is 11.7. The SMILES string of the molecule is FC(F)Oc1ccc(NC(=S)N[C@@H](c2ccccc2)c2ccncc2)cc1. The molecule has 0 saturated heterocycles. The topological polar surface area (TPSA) is 46.2 Å². The largest absolute Gasteiger partial charge is 0.435 e. The van der Waals surface area contributed by atoms with Gasteiger partial charge in [0.1, 0.15) is 5.75 Å². The van der Waals surface area contributed by atoms with E-state index < -0.39 is 6.61 Å². The summed E-state index contributed by atoms with van der Waals surface area (Å²) in [6.45, 7) is -2.85. The summed E-state index contributed by atoms with van der Waals surface area (Å²) in [4.78, 5) is 4.06. The molecule has 0 aliphatic rings. The zero-order chi connectivity index (χ0) is 19.1. The fourth-order valence-electron chi connectivity index (χ4n) is 2.58. The first-order valence-corrected chi connectivity index (χ1v) is 8.60. The van der Waals surface area contributed by atoms with Crippen LogP contribution in [0, 0.1) is 0 Å². The number of nitrogens with zero attached hydrogens (tertiary/aromatic N) is 1. The van der Waals surface area contributed by atoms with Gasteiger partial charge < -0.3 is 15.4 Å². The van der Waals surface area contributed by atoms with Gasteiger partial charge in [-0.25, -0.2) is 0 Å². The van der Waals surface area contributed by atoms with Crippen LogP contribution in [-0.2, 0) is 0 Å². The van der Waals surface area contributed by atoms with E-state index in [9.17, 15) is 8.78 Å². The molecule has 0 aliphatic carbocycles. The zero-order valence-corrected chi connectivity index (χ0v) is 15.0. The van der Waals surface area contributed by atoms with E-state index >= 15 is 0 Å². The lowest BCUT2D eigenvalue weighted by atomic mass is 10.00. The molecule has 1 heterocycles. The maximum Gasteiger partial charge on any atom is 0.387 e. The van der Waals surface area contributed by atoms with Gasteiger partial charge in [0.05, 0.1) is 6.04 Å². The molecule has 138 valence electrons. The van der Waals surface area contributed by atoms with Gasteiger partial charge in [0.15, 0.2) is 5.11 Å². The Morgan fingerprint density at radius 2 is 1.52 bits per heavy atom. The number of nitrogens with one attached hydrogen (secondary N) is 2. The average Bonchev–Trinajstić information content (AvgIpc) is 2.69. The van der Waals surface area contributed by atoms with Gasteiger partial charge in [-0.05, 0) is 59.7 Å². The molecule has 4 nitrogen and oxygen atoms in total. The molecule has 0 radical (unpaired) electrons. The van der Waals surface area contributed by atoms with E-state index in [2.05, 4.69) is 20.4 Å². The Balaban J connectivity index is 1.71. The second-order valence-electron chi connectivity index (χ2n) is 5.63. The summed E-state index contributed by atoms with van der Waals surface area (Å²) >= 11 is 5.43. The molecular weight excluding hydrogens is 368 g/mol. The van der Waals surface area contributed by atoms with E-state index in [1.165, 1.54) is 12.1 Å². The highest BCUT2D eigenvalue weighted by Gasteiger charge is 2.15. The number of halogens is 2. The summed E-state index contributed by atoms with van der Waals surface area (Å²) < 4.78 is 28.8. The number of rotatable bonds is 6. The highest BCUT2D eigenvalue weighted by Crippen LogP contribution is 2.22. The van der Waals surface area contributed by atoms with Crippen LogP contribution in [0.15, 0.2) is 79.1 Å². The molecule has 1 aromatic heterocycles. The van der Waals surface area contributed by atoms with Crippen molar-refractivity contribution in [2.75, 3.05) is 5.32 Å². The van der Waals surface area contributed by atoms with E-state index in [4.69, 9.17) is 12.2 Å². The van der Waals surface area contributed by atoms with Gasteiger partial charge in [-0.15, -0.1) is 0 Å². The lowest BCUT2D eigenvalue weighted by Crippen LogP contribution is -2.33. The number of anilines is 1. The Labute approximate surface area is 161 Å². The van der Waals surface area contributed by atoms with Gasteiger partial charge in [0.2, 0.25) is 0 Å². The molecule has 0 spiro atoms. The van der Waals surface area contributed by atoms with E-state index in [-0.39, 0.29) is 11.8 Å². The monoisotopic (exact) mass is 385 g/mol. The fourth-order valence-corrected chi connectivity index (χ4v) is 2.81. The number of thiocarbonyl (C=S) groups is 1. The maximum atomic E-state index is 12.2. The number of benzene rings is 2. The van der Waals surface area contributed by atoms with Crippen LogP contribution in [0.25, 0.3) is 0 Å². The second-order valence-corrected chi connectivity index (χ2v) is 6.03. The van der Waals surface area contributed by atoms with Crippen molar-refractivity contribution >= 4 is 23.0 Å². The molecule has 0 amide bonds. The molecule has 27 heavy (non-hydrogen) atoms. The van der Waals surface area contributed by atoms with Gasteiger partial charge >= 0.3 is 6.61 Å². The highest BCUT2D eigenvalue weighted by atomic mass is 32.1. The first-order valence-electron chi connectivity index (χ1n) is 8.19. The lowest BCUT2D eigenvalue weighted by molar-refractivity contribution is -0.0498. The van der Waals surface area contributed by atoms with Crippen molar-refractivity contribution < 1.29 is 13.5 Å². The second kappa shape index (κ2) is 9.05. The predicted octanol–water partition coefficient (Wildman–Crippen LogP) is 4.76. The molecule has 0 aliphatic heterocycles. The van der Waals surface area contributed by atoms with Crippen LogP contribution >= 0.6 is 12.2 Å². The summed E-state index contributed by atoms with van der Waals surface area (Å²) in [5.74, 6) is 0.0911. The van der Waals surface area contributed by atoms with Crippen LogP contribution in [-0.4, -0.2) is 16.7 Å². The minimum Gasteiger partial charge on any atom is -0.435 e. The van der Waals surface area contributed by atoms with Crippen molar-refractivity contribution in [3.05, 3.63) is 90.3 Å². The van der Waals surface area contributed by atoms with Crippen LogP contribution in [0.3, 0.4) is 0 Å². The minimum absolute atomic E-state index is 0.0911. The third-order valence-electron chi connectivity index (χ3n) is 3.79. The van der Waals surface area contributed by atoms with Crippen molar-refractivity contribution in [2.24, 2.45) is 0 Å². The van der Waals surface area contributed by atoms with Gasteiger partial charge in [-0.1, -0.05) is 30.3 Å². The Kier molecular flexibility index (Phi) is 6.27. The Morgan fingerprint density at radius 1 is 0.889 bits per heavy atom. The third kappa shape index (κ3) is 5.46. The standard InChI is InChI=1S/C20H17F2N3OS/c21-19(22)26-17-8-6-16(7-9-17)24-20(27)25-18(14-4-2-1-3-5-14)15-10-12-23-13-11-15/h1-13,18-19H,(H2,24,25,27)/t18-/m0/s1. The molecule has 2 aromatic carbocycles. The quantitative estimate of drug-likeness (QED) is 0.599. The van der Waals surface area contributed by atoms with Gasteiger partial charge in [0, 0.05) is 18.1 Å². The molecule has 2 N–H and O–H groups in total. The Hall–Kier alpha value is -3.06. The molecule has 0 unspecified atom stereocenters. The summed E-state index contributed by atoms with van der Waals surface area (Å²) in [7, 11) is 0. The van der Waals surface area contributed by atoms with Crippen molar-refractivity contribution in [3.8, 4) is 5.75 Å². The van der Waals surface area contributed by atoms with Gasteiger partial charge in [0.25, 0.3) is 0 Å².